The average Bonchev–Trinajstić information content (AvgIpc) is 2.94. The third-order valence-corrected chi connectivity index (χ3v) is 6.19. The van der Waals surface area contributed by atoms with E-state index in [1.54, 1.807) is 54.7 Å². The van der Waals surface area contributed by atoms with Crippen LogP contribution < -0.4 is 15.6 Å². The molecule has 0 unspecified atom stereocenters. The number of para-hydroxylation sites is 2. The number of carbonyl (C=O) groups excluding carboxylic acids is 1. The Morgan fingerprint density at radius 3 is 2.53 bits per heavy atom. The largest absolute Gasteiger partial charge is 0.483 e. The second-order valence-electron chi connectivity index (χ2n) is 8.19. The zero-order valence-corrected chi connectivity index (χ0v) is 21.4. The fraction of sp³-hybridized carbons (Fsp3) is 0.0345. The minimum absolute atomic E-state index is 0.0834. The Labute approximate surface area is 225 Å². The molecule has 188 valence electrons. The number of benzene rings is 4. The highest BCUT2D eigenvalue weighted by Crippen LogP contribution is 2.26. The lowest BCUT2D eigenvalue weighted by molar-refractivity contribution is -0.118. The summed E-state index contributed by atoms with van der Waals surface area (Å²) in [6, 6.07) is 27.6. The van der Waals surface area contributed by atoms with Crippen molar-refractivity contribution in [2.75, 3.05) is 11.9 Å². The molecule has 1 aromatic heterocycles. The number of hydrogen-bond donors (Lipinski definition) is 1. The predicted octanol–water partition coefficient (Wildman–Crippen LogP) is 5.86. The van der Waals surface area contributed by atoms with Crippen LogP contribution in [0.1, 0.15) is 5.56 Å². The molecule has 0 aliphatic rings. The third kappa shape index (κ3) is 5.52. The number of fused-ring (bicyclic) bond motifs is 1. The highest BCUT2D eigenvalue weighted by atomic mass is 79.9. The molecule has 0 saturated carbocycles. The van der Waals surface area contributed by atoms with E-state index >= 15 is 0 Å². The highest BCUT2D eigenvalue weighted by molar-refractivity contribution is 9.10. The van der Waals surface area contributed by atoms with Crippen LogP contribution in [0.3, 0.4) is 0 Å². The number of rotatable bonds is 7. The van der Waals surface area contributed by atoms with Crippen LogP contribution in [0.5, 0.6) is 5.75 Å². The van der Waals surface area contributed by atoms with E-state index in [4.69, 9.17) is 4.74 Å². The van der Waals surface area contributed by atoms with Crippen molar-refractivity contribution in [3.05, 3.63) is 123 Å². The Bertz CT molecular complexity index is 1720. The number of carbonyl (C=O) groups is 1. The second kappa shape index (κ2) is 11.2. The molecule has 0 spiro atoms. The summed E-state index contributed by atoms with van der Waals surface area (Å²) < 4.78 is 21.2. The highest BCUT2D eigenvalue weighted by Gasteiger charge is 2.13. The van der Waals surface area contributed by atoms with Gasteiger partial charge in [-0.3, -0.25) is 9.59 Å². The first-order valence-electron chi connectivity index (χ1n) is 11.6. The molecule has 5 aromatic rings. The molecule has 38 heavy (non-hydrogen) atoms. The lowest BCUT2D eigenvalue weighted by atomic mass is 10.2. The lowest BCUT2D eigenvalue weighted by Crippen LogP contribution is -2.21. The van der Waals surface area contributed by atoms with Gasteiger partial charge in [0.2, 0.25) is 0 Å². The van der Waals surface area contributed by atoms with Gasteiger partial charge in [-0.2, -0.15) is 9.78 Å². The standard InChI is InChI=1S/C29H20BrFN4O3/c30-22-16-19(14-15-26(22)38-18-27(36)33-25-13-7-5-11-23(25)31)17-32-35-28(20-8-2-1-3-9-20)34-24-12-6-4-10-21(24)29(35)37/h1-17H,18H2,(H,33,36). The summed E-state index contributed by atoms with van der Waals surface area (Å²) in [6.45, 7) is -0.307. The number of anilines is 1. The maximum absolute atomic E-state index is 13.7. The Hall–Kier alpha value is -4.63. The van der Waals surface area contributed by atoms with Crippen molar-refractivity contribution in [1.82, 2.24) is 9.66 Å². The molecule has 5 rings (SSSR count). The molecular weight excluding hydrogens is 551 g/mol. The molecule has 0 saturated heterocycles. The summed E-state index contributed by atoms with van der Waals surface area (Å²) in [5.74, 6) is -0.183. The van der Waals surface area contributed by atoms with Crippen molar-refractivity contribution in [2.45, 2.75) is 0 Å². The van der Waals surface area contributed by atoms with E-state index in [1.807, 2.05) is 36.4 Å². The third-order valence-electron chi connectivity index (χ3n) is 5.57. The molecule has 7 nitrogen and oxygen atoms in total. The summed E-state index contributed by atoms with van der Waals surface area (Å²) in [5, 5.41) is 7.39. The van der Waals surface area contributed by atoms with E-state index in [0.717, 1.165) is 5.56 Å². The van der Waals surface area contributed by atoms with Gasteiger partial charge in [0.15, 0.2) is 12.4 Å². The minimum Gasteiger partial charge on any atom is -0.483 e. The molecule has 0 fully saturated rings. The number of halogens is 2. The second-order valence-corrected chi connectivity index (χ2v) is 9.04. The monoisotopic (exact) mass is 570 g/mol. The number of aromatic nitrogens is 2. The maximum Gasteiger partial charge on any atom is 0.282 e. The molecule has 1 amide bonds. The SMILES string of the molecule is O=C(COc1ccc(C=Nn2c(-c3ccccc3)nc3ccccc3c2=O)cc1Br)Nc1ccccc1F. The molecule has 0 bridgehead atoms. The van der Waals surface area contributed by atoms with Crippen molar-refractivity contribution in [2.24, 2.45) is 5.10 Å². The quantitative estimate of drug-likeness (QED) is 0.248. The van der Waals surface area contributed by atoms with Crippen molar-refractivity contribution in [3.8, 4) is 17.1 Å². The Kier molecular flexibility index (Phi) is 7.37. The topological polar surface area (TPSA) is 85.6 Å². The van der Waals surface area contributed by atoms with E-state index in [2.05, 4.69) is 31.3 Å². The Morgan fingerprint density at radius 2 is 1.74 bits per heavy atom. The smallest absolute Gasteiger partial charge is 0.282 e. The van der Waals surface area contributed by atoms with Crippen LogP contribution in [0.2, 0.25) is 0 Å². The van der Waals surface area contributed by atoms with Crippen LogP contribution in [-0.2, 0) is 4.79 Å². The molecular formula is C29H20BrFN4O3. The van der Waals surface area contributed by atoms with Gasteiger partial charge in [0, 0.05) is 5.56 Å². The zero-order chi connectivity index (χ0) is 26.5. The van der Waals surface area contributed by atoms with Crippen LogP contribution in [0.15, 0.2) is 111 Å². The maximum atomic E-state index is 13.7. The van der Waals surface area contributed by atoms with Crippen molar-refractivity contribution < 1.29 is 13.9 Å². The average molecular weight is 571 g/mol. The summed E-state index contributed by atoms with van der Waals surface area (Å²) >= 11 is 3.44. The van der Waals surface area contributed by atoms with Gasteiger partial charge in [-0.25, -0.2) is 9.37 Å². The molecule has 0 aliphatic heterocycles. The summed E-state index contributed by atoms with van der Waals surface area (Å²) in [5.41, 5.74) is 1.82. The predicted molar refractivity (Wildman–Crippen MR) is 149 cm³/mol. The van der Waals surface area contributed by atoms with E-state index in [9.17, 15) is 14.0 Å². The van der Waals surface area contributed by atoms with E-state index in [0.29, 0.717) is 32.5 Å². The van der Waals surface area contributed by atoms with Crippen LogP contribution in [0, 0.1) is 5.82 Å². The van der Waals surface area contributed by atoms with Crippen LogP contribution >= 0.6 is 15.9 Å². The van der Waals surface area contributed by atoms with Crippen LogP contribution in [0.4, 0.5) is 10.1 Å². The number of nitrogens with zero attached hydrogens (tertiary/aromatic N) is 3. The number of nitrogens with one attached hydrogen (secondary N) is 1. The molecule has 1 N–H and O–H groups in total. The van der Waals surface area contributed by atoms with Gasteiger partial charge in [-0.05, 0) is 64.0 Å². The van der Waals surface area contributed by atoms with Gasteiger partial charge in [0.25, 0.3) is 11.5 Å². The van der Waals surface area contributed by atoms with E-state index in [-0.39, 0.29) is 17.9 Å². The van der Waals surface area contributed by atoms with Crippen LogP contribution in [0.25, 0.3) is 22.3 Å². The lowest BCUT2D eigenvalue weighted by Gasteiger charge is -2.10. The minimum atomic E-state index is -0.526. The number of ether oxygens (including phenoxy) is 1. The molecule has 4 aromatic carbocycles. The van der Waals surface area contributed by atoms with Gasteiger partial charge < -0.3 is 10.1 Å². The van der Waals surface area contributed by atoms with E-state index in [1.165, 1.54) is 16.8 Å². The normalized spacial score (nSPS) is 11.1. The number of amides is 1. The molecule has 0 radical (unpaired) electrons. The molecule has 9 heteroatoms. The fourth-order valence-electron chi connectivity index (χ4n) is 3.74. The Morgan fingerprint density at radius 1 is 1.00 bits per heavy atom. The first-order valence-corrected chi connectivity index (χ1v) is 12.4. The van der Waals surface area contributed by atoms with Gasteiger partial charge >= 0.3 is 0 Å². The summed E-state index contributed by atoms with van der Waals surface area (Å²) in [7, 11) is 0. The summed E-state index contributed by atoms with van der Waals surface area (Å²) in [4.78, 5) is 30.1. The zero-order valence-electron chi connectivity index (χ0n) is 19.8. The van der Waals surface area contributed by atoms with E-state index < -0.39 is 11.7 Å². The number of hydrogen-bond acceptors (Lipinski definition) is 5. The van der Waals surface area contributed by atoms with Gasteiger partial charge in [0.05, 0.1) is 27.3 Å². The Balaban J connectivity index is 1.37. The molecule has 0 aliphatic carbocycles. The molecule has 0 atom stereocenters. The van der Waals surface area contributed by atoms with Crippen molar-refractivity contribution in [1.29, 1.82) is 0 Å². The van der Waals surface area contributed by atoms with Crippen molar-refractivity contribution in [3.63, 3.8) is 0 Å². The summed E-state index contributed by atoms with van der Waals surface area (Å²) in [6.07, 6.45) is 1.55. The van der Waals surface area contributed by atoms with Gasteiger partial charge in [0.1, 0.15) is 11.6 Å². The fourth-order valence-corrected chi connectivity index (χ4v) is 4.25. The first kappa shape index (κ1) is 25.0. The van der Waals surface area contributed by atoms with Gasteiger partial charge in [-0.1, -0.05) is 54.6 Å². The van der Waals surface area contributed by atoms with Crippen molar-refractivity contribution >= 4 is 44.6 Å². The van der Waals surface area contributed by atoms with Crippen LogP contribution in [-0.4, -0.2) is 28.4 Å². The molecule has 1 heterocycles. The van der Waals surface area contributed by atoms with Gasteiger partial charge in [-0.15, -0.1) is 0 Å². The first-order chi connectivity index (χ1) is 18.5.